The van der Waals surface area contributed by atoms with Gasteiger partial charge in [-0.05, 0) is 56.2 Å². The number of phenols is 1. The Kier molecular flexibility index (Phi) is 11.4. The van der Waals surface area contributed by atoms with E-state index in [-0.39, 0.29) is 23.4 Å². The lowest BCUT2D eigenvalue weighted by Crippen LogP contribution is -2.64. The number of ketones is 2. The van der Waals surface area contributed by atoms with E-state index in [2.05, 4.69) is 51.0 Å². The van der Waals surface area contributed by atoms with Crippen LogP contribution in [-0.4, -0.2) is 40.2 Å². The molecule has 1 aromatic rings. The highest BCUT2D eigenvalue weighted by molar-refractivity contribution is 7.80. The molecule has 1 rings (SSSR count). The molecule has 0 radical (unpaired) electrons. The Labute approximate surface area is 200 Å². The Hall–Kier alpha value is -1.37. The number of hydrogen-bond donors (Lipinski definition) is 4. The van der Waals surface area contributed by atoms with Gasteiger partial charge < -0.3 is 10.4 Å². The zero-order valence-corrected chi connectivity index (χ0v) is 21.9. The molecule has 182 valence electrons. The van der Waals surface area contributed by atoms with Gasteiger partial charge in [0.1, 0.15) is 11.5 Å². The van der Waals surface area contributed by atoms with Gasteiger partial charge >= 0.3 is 0 Å². The van der Waals surface area contributed by atoms with E-state index in [1.165, 1.54) is 0 Å². The van der Waals surface area contributed by atoms with Crippen LogP contribution in [0.15, 0.2) is 24.3 Å². The Balaban J connectivity index is 3.30. The Morgan fingerprint density at radius 1 is 1.03 bits per heavy atom. The summed E-state index contributed by atoms with van der Waals surface area (Å²) in [6, 6.07) is 6.28. The summed E-state index contributed by atoms with van der Waals surface area (Å²) in [4.78, 5) is 26.8. The fourth-order valence-corrected chi connectivity index (χ4v) is 4.70. The van der Waals surface area contributed by atoms with Gasteiger partial charge in [0.15, 0.2) is 5.78 Å². The number of Topliss-reactive ketones (excluding diaryl/α,β-unsaturated/α-hetero) is 2. The van der Waals surface area contributed by atoms with Crippen LogP contribution in [0, 0.1) is 11.3 Å². The summed E-state index contributed by atoms with van der Waals surface area (Å²) >= 11 is 4.33. The normalized spacial score (nSPS) is 17.4. The van der Waals surface area contributed by atoms with Crippen molar-refractivity contribution in [3.05, 3.63) is 29.8 Å². The topological polar surface area (TPSA) is 78.4 Å². The third kappa shape index (κ3) is 7.06. The molecule has 0 spiro atoms. The first kappa shape index (κ1) is 28.7. The van der Waals surface area contributed by atoms with Gasteiger partial charge in [0.2, 0.25) is 0 Å². The molecular weight excluding hydrogens is 420 g/mol. The predicted molar refractivity (Wildman–Crippen MR) is 136 cm³/mol. The summed E-state index contributed by atoms with van der Waals surface area (Å²) in [7, 11) is 0. The van der Waals surface area contributed by atoms with Crippen molar-refractivity contribution in [2.45, 2.75) is 98.2 Å². The molecule has 1 aromatic carbocycles. The number of hydrogen-bond acceptors (Lipinski definition) is 6. The molecule has 32 heavy (non-hydrogen) atoms. The van der Waals surface area contributed by atoms with Gasteiger partial charge in [-0.15, -0.1) is 0 Å². The average molecular weight is 465 g/mol. The van der Waals surface area contributed by atoms with Crippen molar-refractivity contribution >= 4 is 24.2 Å². The maximum atomic E-state index is 14.0. The van der Waals surface area contributed by atoms with Crippen LogP contribution in [0.4, 0.5) is 0 Å². The number of nitrogens with one attached hydrogen (secondary N) is 2. The van der Waals surface area contributed by atoms with Crippen molar-refractivity contribution in [3.63, 3.8) is 0 Å². The van der Waals surface area contributed by atoms with E-state index in [9.17, 15) is 14.7 Å². The van der Waals surface area contributed by atoms with Crippen LogP contribution in [0.25, 0.3) is 0 Å². The van der Waals surface area contributed by atoms with Crippen molar-refractivity contribution in [1.82, 2.24) is 10.6 Å². The fourth-order valence-electron chi connectivity index (χ4n) is 4.48. The van der Waals surface area contributed by atoms with E-state index < -0.39 is 17.0 Å². The van der Waals surface area contributed by atoms with Crippen LogP contribution in [0.2, 0.25) is 0 Å². The van der Waals surface area contributed by atoms with E-state index in [4.69, 9.17) is 0 Å². The molecule has 0 heterocycles. The highest BCUT2D eigenvalue weighted by Gasteiger charge is 2.50. The smallest absolute Gasteiger partial charge is 0.157 e. The van der Waals surface area contributed by atoms with Gasteiger partial charge in [0.05, 0.1) is 12.1 Å². The van der Waals surface area contributed by atoms with Crippen LogP contribution in [0.5, 0.6) is 5.75 Å². The first-order chi connectivity index (χ1) is 15.0. The second kappa shape index (κ2) is 12.8. The van der Waals surface area contributed by atoms with E-state index in [0.29, 0.717) is 31.1 Å². The summed E-state index contributed by atoms with van der Waals surface area (Å²) in [5.41, 5.74) is -0.268. The number of carbonyl (C=O) groups excluding carboxylic acids is 2. The van der Waals surface area contributed by atoms with Gasteiger partial charge in [-0.2, -0.15) is 12.6 Å². The van der Waals surface area contributed by atoms with Gasteiger partial charge in [-0.25, -0.2) is 0 Å². The Morgan fingerprint density at radius 3 is 2.06 bits per heavy atom. The molecule has 0 aliphatic carbocycles. The molecule has 0 aromatic heterocycles. The quantitative estimate of drug-likeness (QED) is 0.219. The highest BCUT2D eigenvalue weighted by atomic mass is 32.1. The predicted octanol–water partition coefficient (Wildman–Crippen LogP) is 4.92. The van der Waals surface area contributed by atoms with Crippen LogP contribution >= 0.6 is 12.6 Å². The lowest BCUT2D eigenvalue weighted by molar-refractivity contribution is -0.136. The Bertz CT molecular complexity index is 737. The molecular formula is C26H44N2O3S. The monoisotopic (exact) mass is 464 g/mol. The van der Waals surface area contributed by atoms with Crippen molar-refractivity contribution in [1.29, 1.82) is 0 Å². The van der Waals surface area contributed by atoms with Gasteiger partial charge in [-0.3, -0.25) is 14.9 Å². The molecule has 0 aliphatic heterocycles. The molecule has 0 bridgehead atoms. The first-order valence-electron chi connectivity index (χ1n) is 11.9. The minimum Gasteiger partial charge on any atom is -0.508 e. The maximum absolute atomic E-state index is 14.0. The van der Waals surface area contributed by atoms with Crippen LogP contribution in [0.1, 0.15) is 79.7 Å². The molecule has 0 aliphatic rings. The zero-order chi connectivity index (χ0) is 24.5. The van der Waals surface area contributed by atoms with Gasteiger partial charge in [-0.1, -0.05) is 53.7 Å². The highest BCUT2D eigenvalue weighted by Crippen LogP contribution is 2.40. The van der Waals surface area contributed by atoms with Crippen LogP contribution < -0.4 is 10.6 Å². The van der Waals surface area contributed by atoms with Crippen molar-refractivity contribution in [2.75, 3.05) is 5.88 Å². The third-order valence-electron chi connectivity index (χ3n) is 7.14. The number of benzene rings is 1. The molecule has 0 amide bonds. The van der Waals surface area contributed by atoms with Crippen LogP contribution in [0.3, 0.4) is 0 Å². The average Bonchev–Trinajstić information content (AvgIpc) is 2.77. The SMILES string of the molecule is CCC(=O)[C@@H](CC(C)C)NC(C)(CC)C(C)(CC)C(=O)[C@H](Cc1ccc(O)cc1)NCS. The minimum absolute atomic E-state index is 0.117. The van der Waals surface area contributed by atoms with Crippen LogP contribution in [-0.2, 0) is 16.0 Å². The summed E-state index contributed by atoms with van der Waals surface area (Å²) < 4.78 is 0. The number of thiol groups is 1. The first-order valence-corrected chi connectivity index (χ1v) is 12.6. The largest absolute Gasteiger partial charge is 0.508 e. The minimum atomic E-state index is -0.692. The zero-order valence-electron chi connectivity index (χ0n) is 21.0. The molecule has 6 heteroatoms. The number of rotatable bonds is 15. The van der Waals surface area contributed by atoms with E-state index >= 15 is 0 Å². The Morgan fingerprint density at radius 2 is 1.62 bits per heavy atom. The third-order valence-corrected chi connectivity index (χ3v) is 7.33. The number of aromatic hydroxyl groups is 1. The van der Waals surface area contributed by atoms with E-state index in [1.807, 2.05) is 32.9 Å². The van der Waals surface area contributed by atoms with Gasteiger partial charge in [0, 0.05) is 23.3 Å². The summed E-state index contributed by atoms with van der Waals surface area (Å²) in [5.74, 6) is 1.27. The summed E-state index contributed by atoms with van der Waals surface area (Å²) in [6.45, 7) is 14.4. The number of phenolic OH excluding ortho intramolecular Hbond substituents is 1. The maximum Gasteiger partial charge on any atom is 0.157 e. The van der Waals surface area contributed by atoms with Gasteiger partial charge in [0.25, 0.3) is 0 Å². The molecule has 0 saturated carbocycles. The molecule has 0 fully saturated rings. The second-order valence-corrected chi connectivity index (χ2v) is 9.98. The fraction of sp³-hybridized carbons (Fsp3) is 0.692. The molecule has 4 atom stereocenters. The lowest BCUT2D eigenvalue weighted by Gasteiger charge is -2.48. The summed E-state index contributed by atoms with van der Waals surface area (Å²) in [6.07, 6.45) is 3.12. The van der Waals surface area contributed by atoms with Crippen molar-refractivity contribution in [3.8, 4) is 5.75 Å². The molecule has 5 nitrogen and oxygen atoms in total. The van der Waals surface area contributed by atoms with E-state index in [1.54, 1.807) is 12.1 Å². The second-order valence-electron chi connectivity index (χ2n) is 9.67. The molecule has 2 unspecified atom stereocenters. The standard InChI is InChI=1S/C26H44N2O3S/c1-8-23(30)21(15-18(4)5)28-26(7,10-3)25(6,9-2)24(31)22(27-17-32)16-19-11-13-20(29)14-12-19/h11-14,18,21-22,27-29,32H,8-10,15-17H2,1-7H3/t21-,22+,25?,26?/m1/s1. The summed E-state index contributed by atoms with van der Waals surface area (Å²) in [5, 5.41) is 16.5. The van der Waals surface area contributed by atoms with Crippen molar-refractivity contribution < 1.29 is 14.7 Å². The molecule has 0 saturated heterocycles. The van der Waals surface area contributed by atoms with Crippen molar-refractivity contribution in [2.24, 2.45) is 11.3 Å². The molecule has 3 N–H and O–H groups in total. The lowest BCUT2D eigenvalue weighted by atomic mass is 9.63. The van der Waals surface area contributed by atoms with E-state index in [0.717, 1.165) is 18.4 Å². The number of carbonyl (C=O) groups is 2.